The molecule has 1 aliphatic rings. The van der Waals surface area contributed by atoms with Crippen LogP contribution in [0.5, 0.6) is 0 Å². The highest BCUT2D eigenvalue weighted by molar-refractivity contribution is 6.43. The van der Waals surface area contributed by atoms with Crippen molar-refractivity contribution in [3.63, 3.8) is 0 Å². The van der Waals surface area contributed by atoms with Crippen molar-refractivity contribution < 1.29 is 9.59 Å². The number of likely N-dealkylation sites (N-methyl/N-ethyl adjacent to an activating group) is 1. The van der Waals surface area contributed by atoms with Crippen LogP contribution in [-0.2, 0) is 11.3 Å². The highest BCUT2D eigenvalue weighted by Gasteiger charge is 2.26. The average molecular weight is 406 g/mol. The minimum atomic E-state index is -0.678. The first kappa shape index (κ1) is 19.5. The SMILES string of the molecule is CC(NC(=O)c1cccc(Cl)c1Cl)C(=O)N1CCN(C)c2ccccc2C1. The van der Waals surface area contributed by atoms with Crippen molar-refractivity contribution in [1.82, 2.24) is 10.2 Å². The van der Waals surface area contributed by atoms with E-state index in [1.807, 2.05) is 25.2 Å². The predicted octanol–water partition coefficient (Wildman–Crippen LogP) is 3.59. The molecule has 1 N–H and O–H groups in total. The molecule has 2 aromatic rings. The van der Waals surface area contributed by atoms with E-state index < -0.39 is 11.9 Å². The fourth-order valence-electron chi connectivity index (χ4n) is 3.17. The zero-order valence-corrected chi connectivity index (χ0v) is 16.7. The van der Waals surface area contributed by atoms with Gasteiger partial charge in [0.1, 0.15) is 6.04 Å². The van der Waals surface area contributed by atoms with Crippen LogP contribution >= 0.6 is 23.2 Å². The molecule has 142 valence electrons. The van der Waals surface area contributed by atoms with E-state index in [0.717, 1.165) is 17.8 Å². The molecule has 0 bridgehead atoms. The van der Waals surface area contributed by atoms with Crippen molar-refractivity contribution >= 4 is 40.7 Å². The summed E-state index contributed by atoms with van der Waals surface area (Å²) in [6.07, 6.45) is 0. The summed E-state index contributed by atoms with van der Waals surface area (Å²) < 4.78 is 0. The molecule has 0 spiro atoms. The zero-order chi connectivity index (χ0) is 19.6. The Labute approximate surface area is 168 Å². The third-order valence-electron chi connectivity index (χ3n) is 4.70. The minimum absolute atomic E-state index is 0.133. The van der Waals surface area contributed by atoms with E-state index in [9.17, 15) is 9.59 Å². The Hall–Kier alpha value is -2.24. The standard InChI is InChI=1S/C20H21Cl2N3O2/c1-13(23-19(26)15-7-5-8-16(21)18(15)22)20(27)25-11-10-24(2)17-9-4-3-6-14(17)12-25/h3-9,13H,10-12H2,1-2H3,(H,23,26). The van der Waals surface area contributed by atoms with Crippen LogP contribution in [0.4, 0.5) is 5.69 Å². The second-order valence-electron chi connectivity index (χ2n) is 6.61. The van der Waals surface area contributed by atoms with Crippen LogP contribution < -0.4 is 10.2 Å². The lowest BCUT2D eigenvalue weighted by Gasteiger charge is -2.25. The summed E-state index contributed by atoms with van der Waals surface area (Å²) in [7, 11) is 2.01. The van der Waals surface area contributed by atoms with Crippen molar-refractivity contribution in [2.24, 2.45) is 0 Å². The monoisotopic (exact) mass is 405 g/mol. The first-order valence-corrected chi connectivity index (χ1v) is 9.46. The number of hydrogen-bond acceptors (Lipinski definition) is 3. The van der Waals surface area contributed by atoms with Gasteiger partial charge in [0, 0.05) is 32.4 Å². The van der Waals surface area contributed by atoms with Gasteiger partial charge in [0.2, 0.25) is 5.91 Å². The van der Waals surface area contributed by atoms with Gasteiger partial charge in [-0.1, -0.05) is 47.5 Å². The van der Waals surface area contributed by atoms with Gasteiger partial charge in [-0.3, -0.25) is 9.59 Å². The van der Waals surface area contributed by atoms with Crippen LogP contribution in [0, 0.1) is 0 Å². The molecule has 27 heavy (non-hydrogen) atoms. The molecule has 0 saturated carbocycles. The molecule has 0 fully saturated rings. The van der Waals surface area contributed by atoms with Gasteiger partial charge in [-0.05, 0) is 30.7 Å². The van der Waals surface area contributed by atoms with Crippen molar-refractivity contribution in [3.8, 4) is 0 Å². The summed E-state index contributed by atoms with van der Waals surface area (Å²) in [6.45, 7) is 3.50. The van der Waals surface area contributed by atoms with Gasteiger partial charge in [-0.15, -0.1) is 0 Å². The van der Waals surface area contributed by atoms with E-state index >= 15 is 0 Å². The lowest BCUT2D eigenvalue weighted by atomic mass is 10.1. The molecule has 0 aromatic heterocycles. The van der Waals surface area contributed by atoms with Gasteiger partial charge >= 0.3 is 0 Å². The van der Waals surface area contributed by atoms with E-state index in [1.54, 1.807) is 30.0 Å². The van der Waals surface area contributed by atoms with E-state index in [2.05, 4.69) is 16.3 Å². The summed E-state index contributed by atoms with van der Waals surface area (Å²) >= 11 is 12.1. The second-order valence-corrected chi connectivity index (χ2v) is 7.39. The fourth-order valence-corrected chi connectivity index (χ4v) is 3.56. The molecule has 0 saturated heterocycles. The molecule has 3 rings (SSSR count). The number of rotatable bonds is 3. The predicted molar refractivity (Wildman–Crippen MR) is 109 cm³/mol. The number of nitrogens with zero attached hydrogens (tertiary/aromatic N) is 2. The molecule has 2 aromatic carbocycles. The Morgan fingerprint density at radius 3 is 2.59 bits per heavy atom. The van der Waals surface area contributed by atoms with Crippen LogP contribution in [-0.4, -0.2) is 42.9 Å². The number of halogens is 2. The highest BCUT2D eigenvalue weighted by Crippen LogP contribution is 2.26. The number of anilines is 1. The van der Waals surface area contributed by atoms with Crippen LogP contribution in [0.2, 0.25) is 10.0 Å². The molecule has 0 aliphatic carbocycles. The Bertz CT molecular complexity index is 872. The fraction of sp³-hybridized carbons (Fsp3) is 0.300. The number of fused-ring (bicyclic) bond motifs is 1. The number of carbonyl (C=O) groups is 2. The van der Waals surface area contributed by atoms with Gasteiger partial charge in [0.05, 0.1) is 15.6 Å². The Balaban J connectivity index is 1.72. The van der Waals surface area contributed by atoms with Gasteiger partial charge in [0.15, 0.2) is 0 Å². The van der Waals surface area contributed by atoms with E-state index in [0.29, 0.717) is 18.1 Å². The Morgan fingerprint density at radius 1 is 1.07 bits per heavy atom. The number of nitrogens with one attached hydrogen (secondary N) is 1. The summed E-state index contributed by atoms with van der Waals surface area (Å²) in [5.41, 5.74) is 2.46. The summed E-state index contributed by atoms with van der Waals surface area (Å²) in [4.78, 5) is 29.3. The molecular formula is C20H21Cl2N3O2. The lowest BCUT2D eigenvalue weighted by Crippen LogP contribution is -2.47. The Kier molecular flexibility index (Phi) is 5.92. The molecule has 7 heteroatoms. The van der Waals surface area contributed by atoms with Crippen molar-refractivity contribution in [1.29, 1.82) is 0 Å². The summed E-state index contributed by atoms with van der Waals surface area (Å²) in [5, 5.41) is 3.21. The third-order valence-corrected chi connectivity index (χ3v) is 5.51. The van der Waals surface area contributed by atoms with E-state index in [-0.39, 0.29) is 16.5 Å². The van der Waals surface area contributed by atoms with Crippen LogP contribution in [0.15, 0.2) is 42.5 Å². The molecule has 1 atom stereocenters. The molecule has 1 aliphatic heterocycles. The molecular weight excluding hydrogens is 385 g/mol. The summed E-state index contributed by atoms with van der Waals surface area (Å²) in [5.74, 6) is -0.553. The van der Waals surface area contributed by atoms with Crippen LogP contribution in [0.3, 0.4) is 0 Å². The molecule has 5 nitrogen and oxygen atoms in total. The second kappa shape index (κ2) is 8.19. The molecule has 0 radical (unpaired) electrons. The number of hydrogen-bond donors (Lipinski definition) is 1. The number of carbonyl (C=O) groups excluding carboxylic acids is 2. The van der Waals surface area contributed by atoms with Gasteiger partial charge in [0.25, 0.3) is 5.91 Å². The maximum absolute atomic E-state index is 12.9. The quantitative estimate of drug-likeness (QED) is 0.848. The van der Waals surface area contributed by atoms with Crippen LogP contribution in [0.1, 0.15) is 22.8 Å². The van der Waals surface area contributed by atoms with E-state index in [1.165, 1.54) is 0 Å². The zero-order valence-electron chi connectivity index (χ0n) is 15.2. The van der Waals surface area contributed by atoms with Crippen LogP contribution in [0.25, 0.3) is 0 Å². The lowest BCUT2D eigenvalue weighted by molar-refractivity contribution is -0.133. The molecule has 1 unspecified atom stereocenters. The maximum Gasteiger partial charge on any atom is 0.253 e. The normalized spacial score (nSPS) is 15.0. The third kappa shape index (κ3) is 4.20. The Morgan fingerprint density at radius 2 is 1.81 bits per heavy atom. The van der Waals surface area contributed by atoms with Crippen molar-refractivity contribution in [3.05, 3.63) is 63.6 Å². The van der Waals surface area contributed by atoms with Gasteiger partial charge in [-0.25, -0.2) is 0 Å². The number of benzene rings is 2. The topological polar surface area (TPSA) is 52.7 Å². The van der Waals surface area contributed by atoms with Gasteiger partial charge < -0.3 is 15.1 Å². The molecule has 2 amide bonds. The largest absolute Gasteiger partial charge is 0.373 e. The maximum atomic E-state index is 12.9. The van der Waals surface area contributed by atoms with Crippen molar-refractivity contribution in [2.75, 3.05) is 25.0 Å². The summed E-state index contributed by atoms with van der Waals surface area (Å²) in [6, 6.07) is 12.2. The number of para-hydroxylation sites is 1. The van der Waals surface area contributed by atoms with Crippen molar-refractivity contribution in [2.45, 2.75) is 19.5 Å². The molecule has 1 heterocycles. The van der Waals surface area contributed by atoms with E-state index in [4.69, 9.17) is 23.2 Å². The smallest absolute Gasteiger partial charge is 0.253 e. The average Bonchev–Trinajstić information content (AvgIpc) is 2.82. The number of amides is 2. The minimum Gasteiger partial charge on any atom is -0.373 e. The van der Waals surface area contributed by atoms with Gasteiger partial charge in [-0.2, -0.15) is 0 Å². The first-order chi connectivity index (χ1) is 12.9. The highest BCUT2D eigenvalue weighted by atomic mass is 35.5. The first-order valence-electron chi connectivity index (χ1n) is 8.71.